The van der Waals surface area contributed by atoms with Gasteiger partial charge in [0.2, 0.25) is 0 Å². The molecule has 0 aliphatic carbocycles. The van der Waals surface area contributed by atoms with Gasteiger partial charge in [0.1, 0.15) is 0 Å². The predicted molar refractivity (Wildman–Crippen MR) is 415 cm³/mol. The van der Waals surface area contributed by atoms with Crippen molar-refractivity contribution in [2.45, 2.75) is 0 Å². The Balaban J connectivity index is 0.000000152. The molecule has 0 atom stereocenters. The molecule has 18 rings (SSSR count). The van der Waals surface area contributed by atoms with Crippen molar-refractivity contribution >= 4 is 43.1 Å². The molecule has 0 amide bonds. The number of rotatable bonds is 12. The summed E-state index contributed by atoms with van der Waals surface area (Å²) in [6, 6.07) is 124. The van der Waals surface area contributed by atoms with Gasteiger partial charge in [-0.05, 0) is 152 Å². The van der Waals surface area contributed by atoms with Crippen molar-refractivity contribution in [2.75, 3.05) is 0 Å². The van der Waals surface area contributed by atoms with E-state index < -0.39 is 0 Å². The summed E-state index contributed by atoms with van der Waals surface area (Å²) in [4.78, 5) is 29.3. The van der Waals surface area contributed by atoms with Crippen LogP contribution < -0.4 is 0 Å². The average molecular weight is 1280 g/mol. The SMILES string of the molecule is c1ccc(-c2ccc(-c3cc(-c4ccc(-c5cccnc5)cc4)nc(-c4cccc(-c5ccc6c7ccccc7c7ccccc7c6c5)c4)n3)cc2)cc1.c1ccc(-c2ccc(-c3cc(-c4ccc(-c5cccnc5)cc4)nc(-c4cccc(-c5cccc6ccccc56)c4)n3)cc2)cc1. The second-order valence-electron chi connectivity index (χ2n) is 25.0. The lowest BCUT2D eigenvalue weighted by Gasteiger charge is -2.13. The molecular formula is C94H62N6. The molecule has 0 unspecified atom stereocenters. The van der Waals surface area contributed by atoms with E-state index >= 15 is 0 Å². The number of benzene rings is 14. The standard InChI is InChI=1S/C51H33N3.C43H29N3/c1-2-10-34(11-3-1)35-19-23-37(24-20-35)49-32-50(38-25-21-36(22-26-38)42-14-9-29-52-33-42)54-51(53-49)41-13-8-12-39(30-41)40-27-28-47-45-17-5-4-15-43(45)44-16-6-7-18-46(44)48(47)31-40;1-2-9-30(10-3-1)31-18-22-34(23-19-31)41-28-42(35-24-20-32(21-25-35)38-15-8-26-44-29-38)46-43(45-41)37-14-6-13-36(27-37)40-17-7-12-33-11-4-5-16-39(33)40/h1-33H;1-29H. The van der Waals surface area contributed by atoms with Crippen molar-refractivity contribution in [1.82, 2.24) is 29.9 Å². The minimum absolute atomic E-state index is 0.685. The van der Waals surface area contributed by atoms with Gasteiger partial charge >= 0.3 is 0 Å². The highest BCUT2D eigenvalue weighted by molar-refractivity contribution is 6.25. The fourth-order valence-electron chi connectivity index (χ4n) is 13.6. The van der Waals surface area contributed by atoms with E-state index in [4.69, 9.17) is 19.9 Å². The van der Waals surface area contributed by atoms with Crippen molar-refractivity contribution in [2.24, 2.45) is 0 Å². The molecule has 0 bridgehead atoms. The van der Waals surface area contributed by atoms with Gasteiger partial charge in [0, 0.05) is 58.2 Å². The number of hydrogen-bond acceptors (Lipinski definition) is 6. The van der Waals surface area contributed by atoms with Crippen LogP contribution in [0.15, 0.2) is 377 Å². The number of aromatic nitrogens is 6. The molecule has 0 spiro atoms. The third kappa shape index (κ3) is 12.4. The van der Waals surface area contributed by atoms with Crippen LogP contribution >= 0.6 is 0 Å². The van der Waals surface area contributed by atoms with E-state index in [-0.39, 0.29) is 0 Å². The van der Waals surface area contributed by atoms with Crippen LogP contribution in [0.1, 0.15) is 0 Å². The molecule has 4 heterocycles. The van der Waals surface area contributed by atoms with E-state index in [1.54, 1.807) is 12.4 Å². The highest BCUT2D eigenvalue weighted by atomic mass is 14.9. The van der Waals surface area contributed by atoms with Crippen LogP contribution in [-0.4, -0.2) is 29.9 Å². The van der Waals surface area contributed by atoms with Crippen molar-refractivity contribution < 1.29 is 0 Å². The fourth-order valence-corrected chi connectivity index (χ4v) is 13.6. The summed E-state index contributed by atoms with van der Waals surface area (Å²) in [5.41, 5.74) is 23.3. The van der Waals surface area contributed by atoms with Gasteiger partial charge in [-0.2, -0.15) is 0 Å². The van der Waals surface area contributed by atoms with Gasteiger partial charge in [0.05, 0.1) is 22.8 Å². The summed E-state index contributed by atoms with van der Waals surface area (Å²) in [6.07, 6.45) is 7.37. The number of nitrogens with zero attached hydrogens (tertiary/aromatic N) is 6. The Kier molecular flexibility index (Phi) is 16.3. The van der Waals surface area contributed by atoms with Crippen molar-refractivity contribution in [3.63, 3.8) is 0 Å². The lowest BCUT2D eigenvalue weighted by Crippen LogP contribution is -1.96. The Morgan fingerprint density at radius 2 is 0.460 bits per heavy atom. The van der Waals surface area contributed by atoms with Gasteiger partial charge in [0.15, 0.2) is 11.6 Å². The average Bonchev–Trinajstić information content (AvgIpc) is 0.749. The summed E-state index contributed by atoms with van der Waals surface area (Å²) < 4.78 is 0. The van der Waals surface area contributed by atoms with Crippen LogP contribution in [0.3, 0.4) is 0 Å². The summed E-state index contributed by atoms with van der Waals surface area (Å²) in [5, 5.41) is 10.1. The van der Waals surface area contributed by atoms with Crippen LogP contribution in [0.2, 0.25) is 0 Å². The third-order valence-electron chi connectivity index (χ3n) is 18.8. The molecule has 0 saturated carbocycles. The molecule has 0 radical (unpaired) electrons. The molecule has 0 aliphatic heterocycles. The second-order valence-corrected chi connectivity index (χ2v) is 25.0. The van der Waals surface area contributed by atoms with Crippen LogP contribution in [0.5, 0.6) is 0 Å². The number of fused-ring (bicyclic) bond motifs is 7. The van der Waals surface area contributed by atoms with E-state index in [1.165, 1.54) is 70.9 Å². The Hall–Kier alpha value is -13.4. The second kappa shape index (κ2) is 27.0. The van der Waals surface area contributed by atoms with Gasteiger partial charge < -0.3 is 0 Å². The summed E-state index contributed by atoms with van der Waals surface area (Å²) in [7, 11) is 0. The zero-order valence-corrected chi connectivity index (χ0v) is 54.5. The van der Waals surface area contributed by atoms with E-state index in [0.29, 0.717) is 11.6 Å². The molecule has 0 saturated heterocycles. The van der Waals surface area contributed by atoms with Crippen LogP contribution in [-0.2, 0) is 0 Å². The third-order valence-corrected chi connectivity index (χ3v) is 18.8. The molecular weight excluding hydrogens is 1210 g/mol. The molecule has 4 aromatic heterocycles. The van der Waals surface area contributed by atoms with Crippen molar-refractivity contribution in [3.05, 3.63) is 377 Å². The first-order valence-corrected chi connectivity index (χ1v) is 33.7. The van der Waals surface area contributed by atoms with Crippen LogP contribution in [0.4, 0.5) is 0 Å². The Morgan fingerprint density at radius 1 is 0.160 bits per heavy atom. The largest absolute Gasteiger partial charge is 0.264 e. The first-order valence-electron chi connectivity index (χ1n) is 33.7. The minimum atomic E-state index is 0.685. The van der Waals surface area contributed by atoms with E-state index in [1.807, 2.05) is 36.7 Å². The maximum absolute atomic E-state index is 5.21. The van der Waals surface area contributed by atoms with Crippen LogP contribution in [0.25, 0.3) is 178 Å². The van der Waals surface area contributed by atoms with Crippen molar-refractivity contribution in [3.8, 4) is 135 Å². The highest BCUT2D eigenvalue weighted by Gasteiger charge is 2.17. The maximum Gasteiger partial charge on any atom is 0.160 e. The van der Waals surface area contributed by atoms with E-state index in [0.717, 1.165) is 95.1 Å². The molecule has 100 heavy (non-hydrogen) atoms. The molecule has 0 fully saturated rings. The zero-order chi connectivity index (χ0) is 66.6. The molecule has 468 valence electrons. The van der Waals surface area contributed by atoms with Crippen molar-refractivity contribution in [1.29, 1.82) is 0 Å². The molecule has 6 nitrogen and oxygen atoms in total. The molecule has 6 heteroatoms. The Morgan fingerprint density at radius 3 is 0.910 bits per heavy atom. The predicted octanol–water partition coefficient (Wildman–Crippen LogP) is 24.4. The molecule has 18 aromatic rings. The number of hydrogen-bond donors (Lipinski definition) is 0. The topological polar surface area (TPSA) is 77.3 Å². The Bertz CT molecular complexity index is 5720. The molecule has 0 N–H and O–H groups in total. The molecule has 14 aromatic carbocycles. The van der Waals surface area contributed by atoms with Gasteiger partial charge in [-0.15, -0.1) is 0 Å². The summed E-state index contributed by atoms with van der Waals surface area (Å²) >= 11 is 0. The van der Waals surface area contributed by atoms with Gasteiger partial charge in [-0.3, -0.25) is 9.97 Å². The summed E-state index contributed by atoms with van der Waals surface area (Å²) in [6.45, 7) is 0. The smallest absolute Gasteiger partial charge is 0.160 e. The normalized spacial score (nSPS) is 11.2. The van der Waals surface area contributed by atoms with Crippen LogP contribution in [0, 0.1) is 0 Å². The highest BCUT2D eigenvalue weighted by Crippen LogP contribution is 2.40. The van der Waals surface area contributed by atoms with E-state index in [9.17, 15) is 0 Å². The lowest BCUT2D eigenvalue weighted by atomic mass is 9.92. The maximum atomic E-state index is 5.21. The van der Waals surface area contributed by atoms with Gasteiger partial charge in [-0.1, -0.05) is 309 Å². The van der Waals surface area contributed by atoms with E-state index in [2.05, 4.69) is 338 Å². The lowest BCUT2D eigenvalue weighted by molar-refractivity contribution is 1.18. The van der Waals surface area contributed by atoms with Gasteiger partial charge in [-0.25, -0.2) is 19.9 Å². The Labute approximate surface area is 580 Å². The minimum Gasteiger partial charge on any atom is -0.264 e. The summed E-state index contributed by atoms with van der Waals surface area (Å²) in [5.74, 6) is 1.38. The first-order chi connectivity index (χ1) is 49.5. The first kappa shape index (κ1) is 60.3. The fraction of sp³-hybridized carbons (Fsp3) is 0. The number of pyridine rings is 2. The zero-order valence-electron chi connectivity index (χ0n) is 54.5. The quantitative estimate of drug-likeness (QED) is 0.113. The molecule has 0 aliphatic rings. The van der Waals surface area contributed by atoms with Gasteiger partial charge in [0.25, 0.3) is 0 Å². The monoisotopic (exact) mass is 1270 g/mol.